The van der Waals surface area contributed by atoms with Gasteiger partial charge in [0.25, 0.3) is 5.91 Å². The second-order valence-electron chi connectivity index (χ2n) is 8.15. The van der Waals surface area contributed by atoms with Crippen LogP contribution in [-0.2, 0) is 13.2 Å². The van der Waals surface area contributed by atoms with Crippen LogP contribution >= 0.6 is 0 Å². The van der Waals surface area contributed by atoms with Gasteiger partial charge in [0.15, 0.2) is 17.3 Å². The molecule has 0 aliphatic carbocycles. The number of methoxy groups -OCH3 is 1. The third-order valence-electron chi connectivity index (χ3n) is 5.43. The van der Waals surface area contributed by atoms with Crippen molar-refractivity contribution in [2.24, 2.45) is 0 Å². The molecule has 8 heteroatoms. The van der Waals surface area contributed by atoms with Gasteiger partial charge in [-0.25, -0.2) is 0 Å². The number of anilines is 1. The highest BCUT2D eigenvalue weighted by molar-refractivity contribution is 6.02. The number of carbonyl (C=O) groups is 1. The van der Waals surface area contributed by atoms with Gasteiger partial charge in [-0.2, -0.15) is 0 Å². The van der Waals surface area contributed by atoms with E-state index in [2.05, 4.69) is 5.32 Å². The first kappa shape index (κ1) is 26.5. The monoisotopic (exact) mass is 517 g/mol. The van der Waals surface area contributed by atoms with Crippen LogP contribution in [0.5, 0.6) is 28.7 Å². The summed E-state index contributed by atoms with van der Waals surface area (Å²) < 4.78 is 33.7. The van der Waals surface area contributed by atoms with E-state index in [-0.39, 0.29) is 18.3 Å². The van der Waals surface area contributed by atoms with E-state index in [0.717, 1.165) is 5.56 Å². The molecule has 0 saturated carbocycles. The molecule has 1 heterocycles. The topological polar surface area (TPSA) is 88.4 Å². The van der Waals surface area contributed by atoms with Crippen LogP contribution in [0.4, 0.5) is 5.69 Å². The SMILES string of the molecule is CCOc1ccc(COc2ccc(NC(=O)c3ccc(COc4cccc(OC)c4)o3)cc2)cc1OCC. The molecule has 38 heavy (non-hydrogen) atoms. The number of benzene rings is 3. The maximum atomic E-state index is 12.6. The zero-order valence-corrected chi connectivity index (χ0v) is 21.7. The highest BCUT2D eigenvalue weighted by Gasteiger charge is 2.13. The molecule has 0 bridgehead atoms. The van der Waals surface area contributed by atoms with Crippen LogP contribution in [-0.4, -0.2) is 26.2 Å². The third kappa shape index (κ3) is 7.22. The minimum Gasteiger partial charge on any atom is -0.497 e. The summed E-state index contributed by atoms with van der Waals surface area (Å²) in [6, 6.07) is 23.5. The molecule has 0 spiro atoms. The molecule has 1 aromatic heterocycles. The molecule has 4 rings (SSSR count). The highest BCUT2D eigenvalue weighted by atomic mass is 16.5. The lowest BCUT2D eigenvalue weighted by atomic mass is 10.2. The van der Waals surface area contributed by atoms with Crippen LogP contribution in [0.1, 0.15) is 35.7 Å². The summed E-state index contributed by atoms with van der Waals surface area (Å²) in [5, 5.41) is 2.83. The van der Waals surface area contributed by atoms with E-state index in [0.29, 0.717) is 60.0 Å². The summed E-state index contributed by atoms with van der Waals surface area (Å²) in [5.74, 6) is 3.79. The fourth-order valence-corrected chi connectivity index (χ4v) is 3.60. The number of carbonyl (C=O) groups excluding carboxylic acids is 1. The molecule has 0 radical (unpaired) electrons. The number of hydrogen-bond acceptors (Lipinski definition) is 7. The van der Waals surface area contributed by atoms with Crippen LogP contribution < -0.4 is 29.0 Å². The highest BCUT2D eigenvalue weighted by Crippen LogP contribution is 2.29. The Morgan fingerprint density at radius 1 is 0.737 bits per heavy atom. The van der Waals surface area contributed by atoms with Crippen LogP contribution in [0, 0.1) is 0 Å². The summed E-state index contributed by atoms with van der Waals surface area (Å²) in [7, 11) is 1.60. The van der Waals surface area contributed by atoms with E-state index < -0.39 is 0 Å². The van der Waals surface area contributed by atoms with Crippen molar-refractivity contribution in [3.8, 4) is 28.7 Å². The van der Waals surface area contributed by atoms with Gasteiger partial charge in [-0.05, 0) is 80.1 Å². The van der Waals surface area contributed by atoms with E-state index in [1.807, 2.05) is 50.2 Å². The molecule has 198 valence electrons. The van der Waals surface area contributed by atoms with Crippen LogP contribution in [0.3, 0.4) is 0 Å². The van der Waals surface area contributed by atoms with Gasteiger partial charge in [-0.15, -0.1) is 0 Å². The van der Waals surface area contributed by atoms with Crippen molar-refractivity contribution in [2.75, 3.05) is 25.6 Å². The van der Waals surface area contributed by atoms with Crippen LogP contribution in [0.15, 0.2) is 83.3 Å². The standard InChI is InChI=1S/C30H31NO7/c1-4-34-27-15-9-21(17-29(27)35-5-2)19-36-23-12-10-22(11-13-23)31-30(32)28-16-14-26(38-28)20-37-25-8-6-7-24(18-25)33-3/h6-18H,4-5,19-20H2,1-3H3,(H,31,32). The van der Waals surface area contributed by atoms with Crippen molar-refractivity contribution in [1.29, 1.82) is 0 Å². The fraction of sp³-hybridized carbons (Fsp3) is 0.233. The lowest BCUT2D eigenvalue weighted by Gasteiger charge is -2.13. The van der Waals surface area contributed by atoms with E-state index in [1.54, 1.807) is 49.6 Å². The van der Waals surface area contributed by atoms with Gasteiger partial charge in [0.05, 0.1) is 20.3 Å². The predicted molar refractivity (Wildman–Crippen MR) is 144 cm³/mol. The molecule has 4 aromatic rings. The van der Waals surface area contributed by atoms with Gasteiger partial charge in [-0.1, -0.05) is 12.1 Å². The Hall–Kier alpha value is -4.59. The van der Waals surface area contributed by atoms with Crippen LogP contribution in [0.2, 0.25) is 0 Å². The zero-order valence-electron chi connectivity index (χ0n) is 21.7. The summed E-state index contributed by atoms with van der Waals surface area (Å²) in [6.07, 6.45) is 0. The number of nitrogens with one attached hydrogen (secondary N) is 1. The van der Waals surface area contributed by atoms with Gasteiger partial charge in [0, 0.05) is 11.8 Å². The third-order valence-corrected chi connectivity index (χ3v) is 5.43. The molecule has 3 aromatic carbocycles. The molecule has 0 aliphatic rings. The first-order valence-electron chi connectivity index (χ1n) is 12.4. The summed E-state index contributed by atoms with van der Waals surface area (Å²) in [5.41, 5.74) is 1.57. The Kier molecular flexibility index (Phi) is 9.12. The maximum Gasteiger partial charge on any atom is 0.291 e. The van der Waals surface area contributed by atoms with E-state index in [4.69, 9.17) is 28.1 Å². The largest absolute Gasteiger partial charge is 0.497 e. The molecule has 0 fully saturated rings. The Morgan fingerprint density at radius 3 is 2.24 bits per heavy atom. The minimum atomic E-state index is -0.357. The van der Waals surface area contributed by atoms with Crippen molar-refractivity contribution in [1.82, 2.24) is 0 Å². The van der Waals surface area contributed by atoms with Crippen LogP contribution in [0.25, 0.3) is 0 Å². The fourth-order valence-electron chi connectivity index (χ4n) is 3.60. The normalized spacial score (nSPS) is 10.5. The first-order chi connectivity index (χ1) is 18.6. The molecule has 8 nitrogen and oxygen atoms in total. The van der Waals surface area contributed by atoms with Crippen molar-refractivity contribution < 1.29 is 32.9 Å². The predicted octanol–water partition coefficient (Wildman–Crippen LogP) is 6.50. The van der Waals surface area contributed by atoms with Crippen molar-refractivity contribution >= 4 is 11.6 Å². The molecular formula is C30H31NO7. The number of amides is 1. The Labute approximate surface area is 222 Å². The van der Waals surface area contributed by atoms with Gasteiger partial charge in [0.2, 0.25) is 0 Å². The van der Waals surface area contributed by atoms with Gasteiger partial charge >= 0.3 is 0 Å². The summed E-state index contributed by atoms with van der Waals surface area (Å²) >= 11 is 0. The second-order valence-corrected chi connectivity index (χ2v) is 8.15. The Balaban J connectivity index is 1.28. The molecule has 0 saturated heterocycles. The molecular weight excluding hydrogens is 486 g/mol. The van der Waals surface area contributed by atoms with E-state index in [1.165, 1.54) is 0 Å². The second kappa shape index (κ2) is 13.1. The molecule has 1 N–H and O–H groups in total. The average Bonchev–Trinajstić information content (AvgIpc) is 3.42. The van der Waals surface area contributed by atoms with Gasteiger partial charge in [-0.3, -0.25) is 4.79 Å². The quantitative estimate of drug-likeness (QED) is 0.217. The number of rotatable bonds is 13. The molecule has 1 amide bonds. The smallest absolute Gasteiger partial charge is 0.291 e. The summed E-state index contributed by atoms with van der Waals surface area (Å²) in [6.45, 7) is 5.54. The first-order valence-corrected chi connectivity index (χ1v) is 12.4. The number of ether oxygens (including phenoxy) is 5. The lowest BCUT2D eigenvalue weighted by molar-refractivity contribution is 0.0992. The van der Waals surface area contributed by atoms with Crippen molar-refractivity contribution in [3.63, 3.8) is 0 Å². The Bertz CT molecular complexity index is 1330. The Morgan fingerprint density at radius 2 is 1.47 bits per heavy atom. The average molecular weight is 518 g/mol. The van der Waals surface area contributed by atoms with E-state index in [9.17, 15) is 4.79 Å². The van der Waals surface area contributed by atoms with Crippen molar-refractivity contribution in [2.45, 2.75) is 27.1 Å². The van der Waals surface area contributed by atoms with Crippen molar-refractivity contribution in [3.05, 3.63) is 95.9 Å². The molecule has 0 unspecified atom stereocenters. The number of hydrogen-bond donors (Lipinski definition) is 1. The van der Waals surface area contributed by atoms with Gasteiger partial charge in [0.1, 0.15) is 36.2 Å². The lowest BCUT2D eigenvalue weighted by Crippen LogP contribution is -2.10. The zero-order chi connectivity index (χ0) is 26.7. The number of furan rings is 1. The summed E-state index contributed by atoms with van der Waals surface area (Å²) in [4.78, 5) is 12.6. The minimum absolute atomic E-state index is 0.187. The van der Waals surface area contributed by atoms with E-state index >= 15 is 0 Å². The maximum absolute atomic E-state index is 12.6. The van der Waals surface area contributed by atoms with Gasteiger partial charge < -0.3 is 33.4 Å². The molecule has 0 atom stereocenters. The molecule has 0 aliphatic heterocycles.